The maximum atomic E-state index is 6.88. The van der Waals surface area contributed by atoms with Crippen LogP contribution in [0.1, 0.15) is 105 Å². The number of rotatable bonds is 3. The quantitative estimate of drug-likeness (QED) is 0.485. The third-order valence-electron chi connectivity index (χ3n) is 6.92. The monoisotopic (exact) mass is 383 g/mol. The Balaban J connectivity index is 1.89. The molecule has 1 saturated heterocycles. The fourth-order valence-corrected chi connectivity index (χ4v) is 5.81. The lowest BCUT2D eigenvalue weighted by atomic mass is 9.75. The zero-order chi connectivity index (χ0) is 19.0. The second-order valence-electron chi connectivity index (χ2n) is 10.2. The van der Waals surface area contributed by atoms with Gasteiger partial charge in [0.2, 0.25) is 0 Å². The molecule has 4 unspecified atom stereocenters. The highest BCUT2D eigenvalue weighted by atomic mass is 31.1. The van der Waals surface area contributed by atoms with E-state index in [2.05, 4.69) is 39.0 Å². The first-order chi connectivity index (χ1) is 12.3. The molecule has 0 aromatic heterocycles. The zero-order valence-electron chi connectivity index (χ0n) is 18.4. The van der Waals surface area contributed by atoms with Crippen molar-refractivity contribution in [3.05, 3.63) is 0 Å². The van der Waals surface area contributed by atoms with Crippen molar-refractivity contribution in [2.24, 2.45) is 11.3 Å². The van der Waals surface area contributed by atoms with Gasteiger partial charge in [-0.15, -0.1) is 0 Å². The van der Waals surface area contributed by atoms with Gasteiger partial charge in [-0.2, -0.15) is 0 Å². The highest BCUT2D eigenvalue weighted by Gasteiger charge is 2.32. The standard InChI is InChI=1S/C23H46NOP/c1-22(2,3)20-12-6-8-16-23(4,17-10-13-20)25-21-14-7-9-18-24(26-5)19-11-15-21/h20-21,26H,6-19H2,1-5H3. The van der Waals surface area contributed by atoms with Gasteiger partial charge in [0.25, 0.3) is 0 Å². The van der Waals surface area contributed by atoms with Crippen molar-refractivity contribution in [2.75, 3.05) is 19.8 Å². The van der Waals surface area contributed by atoms with E-state index >= 15 is 0 Å². The smallest absolute Gasteiger partial charge is 0.0658 e. The Morgan fingerprint density at radius 1 is 0.846 bits per heavy atom. The number of ether oxygens (including phenoxy) is 1. The average Bonchev–Trinajstić information content (AvgIpc) is 2.74. The molecule has 2 rings (SSSR count). The first-order valence-electron chi connectivity index (χ1n) is 11.4. The molecule has 0 aromatic carbocycles. The SMILES string of the molecule is CPN1CCCCC(OC2(C)CCCCC(C(C)(C)C)CCC2)CCC1. The summed E-state index contributed by atoms with van der Waals surface area (Å²) in [4.78, 5) is 0. The highest BCUT2D eigenvalue weighted by molar-refractivity contribution is 7.34. The predicted octanol–water partition coefficient (Wildman–Crippen LogP) is 7.03. The van der Waals surface area contributed by atoms with Gasteiger partial charge in [0.1, 0.15) is 0 Å². The molecular weight excluding hydrogens is 337 g/mol. The molecule has 2 nitrogen and oxygen atoms in total. The van der Waals surface area contributed by atoms with Crippen LogP contribution in [0, 0.1) is 11.3 Å². The van der Waals surface area contributed by atoms with Crippen molar-refractivity contribution in [3.63, 3.8) is 0 Å². The number of hydrogen-bond donors (Lipinski definition) is 0. The fourth-order valence-electron chi connectivity index (χ4n) is 5.05. The van der Waals surface area contributed by atoms with Crippen LogP contribution in [0.5, 0.6) is 0 Å². The Kier molecular flexibility index (Phi) is 9.38. The molecule has 1 saturated carbocycles. The van der Waals surface area contributed by atoms with E-state index < -0.39 is 0 Å². The maximum absolute atomic E-state index is 6.88. The molecule has 0 aromatic rings. The van der Waals surface area contributed by atoms with Gasteiger partial charge in [0.05, 0.1) is 11.7 Å². The largest absolute Gasteiger partial charge is 0.372 e. The van der Waals surface area contributed by atoms with E-state index in [1.165, 1.54) is 90.1 Å². The molecule has 4 atom stereocenters. The Morgan fingerprint density at radius 3 is 2.19 bits per heavy atom. The summed E-state index contributed by atoms with van der Waals surface area (Å²) >= 11 is 0. The molecule has 0 N–H and O–H groups in total. The second kappa shape index (κ2) is 10.8. The molecule has 0 spiro atoms. The van der Waals surface area contributed by atoms with Crippen molar-refractivity contribution < 1.29 is 4.74 Å². The van der Waals surface area contributed by atoms with Gasteiger partial charge >= 0.3 is 0 Å². The second-order valence-corrected chi connectivity index (χ2v) is 11.3. The third kappa shape index (κ3) is 7.76. The van der Waals surface area contributed by atoms with E-state index in [0.717, 1.165) is 14.6 Å². The lowest BCUT2D eigenvalue weighted by Gasteiger charge is -2.35. The van der Waals surface area contributed by atoms with Gasteiger partial charge in [-0.25, -0.2) is 0 Å². The molecule has 1 heterocycles. The van der Waals surface area contributed by atoms with E-state index in [-0.39, 0.29) is 5.60 Å². The Hall–Kier alpha value is 0.350. The Bertz CT molecular complexity index is 394. The van der Waals surface area contributed by atoms with Crippen LogP contribution in [-0.4, -0.2) is 36.1 Å². The first kappa shape index (κ1) is 22.6. The summed E-state index contributed by atoms with van der Waals surface area (Å²) in [7, 11) is 0.970. The molecule has 2 aliphatic rings. The zero-order valence-corrected chi connectivity index (χ0v) is 19.4. The lowest BCUT2D eigenvalue weighted by molar-refractivity contribution is -0.1000. The van der Waals surface area contributed by atoms with Crippen molar-refractivity contribution in [3.8, 4) is 0 Å². The number of nitrogens with zero attached hydrogens (tertiary/aromatic N) is 1. The van der Waals surface area contributed by atoms with Crippen LogP contribution in [0.2, 0.25) is 0 Å². The maximum Gasteiger partial charge on any atom is 0.0658 e. The minimum Gasteiger partial charge on any atom is -0.372 e. The van der Waals surface area contributed by atoms with Gasteiger partial charge in [-0.05, 0) is 82.7 Å². The first-order valence-corrected chi connectivity index (χ1v) is 12.9. The third-order valence-corrected chi connectivity index (χ3v) is 8.00. The summed E-state index contributed by atoms with van der Waals surface area (Å²) in [6, 6.07) is 0. The topological polar surface area (TPSA) is 12.5 Å². The van der Waals surface area contributed by atoms with E-state index in [4.69, 9.17) is 4.74 Å². The average molecular weight is 384 g/mol. The predicted molar refractivity (Wildman–Crippen MR) is 117 cm³/mol. The normalized spacial score (nSPS) is 34.5. The molecule has 3 heteroatoms. The van der Waals surface area contributed by atoms with Crippen molar-refractivity contribution in [1.29, 1.82) is 0 Å². The van der Waals surface area contributed by atoms with Crippen molar-refractivity contribution >= 4 is 8.73 Å². The van der Waals surface area contributed by atoms with Crippen molar-refractivity contribution in [1.82, 2.24) is 4.67 Å². The summed E-state index contributed by atoms with van der Waals surface area (Å²) in [5.41, 5.74) is 0.586. The molecule has 154 valence electrons. The van der Waals surface area contributed by atoms with Crippen LogP contribution in [0.15, 0.2) is 0 Å². The summed E-state index contributed by atoms with van der Waals surface area (Å²) in [5.74, 6) is 0.885. The van der Waals surface area contributed by atoms with E-state index in [1.54, 1.807) is 0 Å². The molecule has 2 fully saturated rings. The number of hydrogen-bond acceptors (Lipinski definition) is 2. The molecule has 1 aliphatic carbocycles. The molecule has 1 aliphatic heterocycles. The summed E-state index contributed by atoms with van der Waals surface area (Å²) in [6.45, 7) is 14.6. The van der Waals surface area contributed by atoms with Crippen LogP contribution in [0.25, 0.3) is 0 Å². The van der Waals surface area contributed by atoms with E-state index in [9.17, 15) is 0 Å². The van der Waals surface area contributed by atoms with Crippen molar-refractivity contribution in [2.45, 2.75) is 116 Å². The van der Waals surface area contributed by atoms with Crippen LogP contribution in [-0.2, 0) is 4.74 Å². The molecular formula is C23H46NOP. The highest BCUT2D eigenvalue weighted by Crippen LogP contribution is 2.39. The molecule has 0 bridgehead atoms. The molecule has 0 amide bonds. The summed E-state index contributed by atoms with van der Waals surface area (Å²) in [5, 5.41) is 0. The van der Waals surface area contributed by atoms with Crippen LogP contribution >= 0.6 is 8.73 Å². The van der Waals surface area contributed by atoms with Gasteiger partial charge in [0, 0.05) is 13.1 Å². The van der Waals surface area contributed by atoms with E-state index in [0.29, 0.717) is 11.5 Å². The fraction of sp³-hybridized carbons (Fsp3) is 1.00. The van der Waals surface area contributed by atoms with Gasteiger partial charge < -0.3 is 4.74 Å². The van der Waals surface area contributed by atoms with Crippen LogP contribution in [0.3, 0.4) is 0 Å². The van der Waals surface area contributed by atoms with Crippen LogP contribution in [0.4, 0.5) is 0 Å². The summed E-state index contributed by atoms with van der Waals surface area (Å²) < 4.78 is 9.52. The van der Waals surface area contributed by atoms with Gasteiger partial charge in [-0.3, -0.25) is 4.67 Å². The molecule has 26 heavy (non-hydrogen) atoms. The Morgan fingerprint density at radius 2 is 1.46 bits per heavy atom. The minimum absolute atomic E-state index is 0.123. The Labute approximate surface area is 166 Å². The summed E-state index contributed by atoms with van der Waals surface area (Å²) in [6.07, 6.45) is 16.5. The molecule has 0 radical (unpaired) electrons. The van der Waals surface area contributed by atoms with Gasteiger partial charge in [-0.1, -0.05) is 48.8 Å². The minimum atomic E-state index is 0.123. The van der Waals surface area contributed by atoms with Crippen LogP contribution < -0.4 is 0 Å². The van der Waals surface area contributed by atoms with Gasteiger partial charge in [0.15, 0.2) is 0 Å². The van der Waals surface area contributed by atoms with E-state index in [1.807, 2.05) is 0 Å². The lowest BCUT2D eigenvalue weighted by Crippen LogP contribution is -2.34.